The van der Waals surface area contributed by atoms with Gasteiger partial charge in [0.15, 0.2) is 0 Å². The van der Waals surface area contributed by atoms with Crippen LogP contribution in [0.15, 0.2) is 18.3 Å². The number of hydrogen-bond donors (Lipinski definition) is 1. The first kappa shape index (κ1) is 16.4. The van der Waals surface area contributed by atoms with Crippen molar-refractivity contribution >= 4 is 5.69 Å². The quantitative estimate of drug-likeness (QED) is 0.788. The summed E-state index contributed by atoms with van der Waals surface area (Å²) in [7, 11) is 0. The lowest BCUT2D eigenvalue weighted by Crippen LogP contribution is -1.96. The Bertz CT molecular complexity index is 222. The minimum absolute atomic E-state index is 0.962. The molecule has 1 aromatic rings. The number of aromatic nitrogens is 1. The first-order chi connectivity index (χ1) is 7.24. The summed E-state index contributed by atoms with van der Waals surface area (Å²) in [5.41, 5.74) is 2.20. The van der Waals surface area contributed by atoms with Crippen molar-refractivity contribution in [2.75, 3.05) is 11.9 Å². The summed E-state index contributed by atoms with van der Waals surface area (Å²) >= 11 is 0. The highest BCUT2D eigenvalue weighted by atomic mass is 14.9. The first-order valence-corrected chi connectivity index (χ1v) is 5.91. The van der Waals surface area contributed by atoms with E-state index in [0.717, 1.165) is 17.9 Å². The lowest BCUT2D eigenvalue weighted by molar-refractivity contribution is 1.09. The second-order valence-electron chi connectivity index (χ2n) is 2.92. The van der Waals surface area contributed by atoms with Gasteiger partial charge < -0.3 is 5.32 Å². The van der Waals surface area contributed by atoms with Gasteiger partial charge in [-0.3, -0.25) is 4.98 Å². The molecule has 0 amide bonds. The Kier molecular flexibility index (Phi) is 14.1. The van der Waals surface area contributed by atoms with E-state index in [4.69, 9.17) is 0 Å². The van der Waals surface area contributed by atoms with Gasteiger partial charge in [-0.1, -0.05) is 34.1 Å². The molecular formula is C13H26N2. The summed E-state index contributed by atoms with van der Waals surface area (Å²) in [6.07, 6.45) is 3.06. The fourth-order valence-corrected chi connectivity index (χ4v) is 0.860. The van der Waals surface area contributed by atoms with Gasteiger partial charge in [0.2, 0.25) is 0 Å². The van der Waals surface area contributed by atoms with Crippen LogP contribution in [0, 0.1) is 6.92 Å². The highest BCUT2D eigenvalue weighted by Gasteiger charge is 1.88. The normalized spacial score (nSPS) is 7.87. The largest absolute Gasteiger partial charge is 0.385 e. The van der Waals surface area contributed by atoms with E-state index in [1.165, 1.54) is 6.42 Å². The summed E-state index contributed by atoms with van der Waals surface area (Å²) in [6.45, 7) is 13.3. The van der Waals surface area contributed by atoms with Crippen molar-refractivity contribution in [2.24, 2.45) is 0 Å². The fourth-order valence-electron chi connectivity index (χ4n) is 0.860. The van der Waals surface area contributed by atoms with Crippen LogP contribution in [0.3, 0.4) is 0 Å². The molecule has 0 aromatic carbocycles. The van der Waals surface area contributed by atoms with Crippen molar-refractivity contribution < 1.29 is 0 Å². The van der Waals surface area contributed by atoms with E-state index in [1.54, 1.807) is 0 Å². The smallest absolute Gasteiger partial charge is 0.0393 e. The van der Waals surface area contributed by atoms with Crippen molar-refractivity contribution in [2.45, 2.75) is 48.0 Å². The molecule has 0 aliphatic rings. The SMILES string of the molecule is CC.CCC.CCNc1ccnc(C)c1. The van der Waals surface area contributed by atoms with Crippen LogP contribution in [0.4, 0.5) is 5.69 Å². The van der Waals surface area contributed by atoms with E-state index >= 15 is 0 Å². The number of rotatable bonds is 2. The number of aryl methyl sites for hydroxylation is 1. The molecule has 0 bridgehead atoms. The van der Waals surface area contributed by atoms with Crippen molar-refractivity contribution in [3.05, 3.63) is 24.0 Å². The summed E-state index contributed by atoms with van der Waals surface area (Å²) in [5, 5.41) is 3.21. The van der Waals surface area contributed by atoms with Crippen LogP contribution in [-0.4, -0.2) is 11.5 Å². The standard InChI is InChI=1S/C8H12N2.C3H8.C2H6/c1-3-9-8-4-5-10-7(2)6-8;1-3-2;1-2/h4-6H,3H2,1-2H3,(H,9,10);3H2,1-2H3;1-2H3. The molecule has 1 aromatic heterocycles. The number of nitrogens with one attached hydrogen (secondary N) is 1. The Labute approximate surface area is 95.1 Å². The molecule has 88 valence electrons. The summed E-state index contributed by atoms with van der Waals surface area (Å²) in [4.78, 5) is 4.08. The monoisotopic (exact) mass is 210 g/mol. The van der Waals surface area contributed by atoms with Crippen LogP contribution in [0.1, 0.15) is 46.7 Å². The summed E-state index contributed by atoms with van der Waals surface area (Å²) in [5.74, 6) is 0. The maximum atomic E-state index is 4.08. The first-order valence-electron chi connectivity index (χ1n) is 5.91. The molecule has 0 unspecified atom stereocenters. The Morgan fingerprint density at radius 2 is 1.73 bits per heavy atom. The second kappa shape index (κ2) is 12.9. The lowest BCUT2D eigenvalue weighted by atomic mass is 10.3. The van der Waals surface area contributed by atoms with Crippen LogP contribution >= 0.6 is 0 Å². The molecule has 2 heteroatoms. The number of pyridine rings is 1. The average molecular weight is 210 g/mol. The molecule has 0 aliphatic carbocycles. The van der Waals surface area contributed by atoms with Gasteiger partial charge in [-0.25, -0.2) is 0 Å². The predicted molar refractivity (Wildman–Crippen MR) is 70.5 cm³/mol. The molecule has 0 aliphatic heterocycles. The zero-order valence-electron chi connectivity index (χ0n) is 11.1. The topological polar surface area (TPSA) is 24.9 Å². The van der Waals surface area contributed by atoms with E-state index in [-0.39, 0.29) is 0 Å². The van der Waals surface area contributed by atoms with Gasteiger partial charge in [-0.05, 0) is 26.0 Å². The zero-order chi connectivity index (χ0) is 12.1. The lowest BCUT2D eigenvalue weighted by Gasteiger charge is -2.01. The summed E-state index contributed by atoms with van der Waals surface area (Å²) < 4.78 is 0. The van der Waals surface area contributed by atoms with Gasteiger partial charge in [0.05, 0.1) is 0 Å². The molecular weight excluding hydrogens is 184 g/mol. The number of nitrogens with zero attached hydrogens (tertiary/aromatic N) is 1. The Hall–Kier alpha value is -1.05. The van der Waals surface area contributed by atoms with Gasteiger partial charge in [0.25, 0.3) is 0 Å². The van der Waals surface area contributed by atoms with E-state index < -0.39 is 0 Å². The third-order valence-corrected chi connectivity index (χ3v) is 1.28. The van der Waals surface area contributed by atoms with Gasteiger partial charge in [0.1, 0.15) is 0 Å². The van der Waals surface area contributed by atoms with Crippen LogP contribution in [0.25, 0.3) is 0 Å². The average Bonchev–Trinajstić information content (AvgIpc) is 2.22. The van der Waals surface area contributed by atoms with E-state index in [0.29, 0.717) is 0 Å². The minimum Gasteiger partial charge on any atom is -0.385 e. The Morgan fingerprint density at radius 3 is 2.13 bits per heavy atom. The molecule has 0 saturated carbocycles. The highest BCUT2D eigenvalue weighted by molar-refractivity contribution is 5.42. The van der Waals surface area contributed by atoms with Crippen LogP contribution in [-0.2, 0) is 0 Å². The molecule has 2 nitrogen and oxygen atoms in total. The Morgan fingerprint density at radius 1 is 1.20 bits per heavy atom. The predicted octanol–water partition coefficient (Wildman–Crippen LogP) is 4.26. The molecule has 0 radical (unpaired) electrons. The molecule has 0 saturated heterocycles. The molecule has 1 heterocycles. The maximum absolute atomic E-state index is 4.08. The molecule has 1 N–H and O–H groups in total. The highest BCUT2D eigenvalue weighted by Crippen LogP contribution is 2.05. The van der Waals surface area contributed by atoms with Gasteiger partial charge in [-0.15, -0.1) is 0 Å². The Balaban J connectivity index is 0. The van der Waals surface area contributed by atoms with Gasteiger partial charge in [0, 0.05) is 24.1 Å². The maximum Gasteiger partial charge on any atom is 0.0393 e. The van der Waals surface area contributed by atoms with Crippen LogP contribution < -0.4 is 5.32 Å². The van der Waals surface area contributed by atoms with Crippen molar-refractivity contribution in [3.8, 4) is 0 Å². The van der Waals surface area contributed by atoms with Crippen molar-refractivity contribution in [1.82, 2.24) is 4.98 Å². The van der Waals surface area contributed by atoms with Gasteiger partial charge in [-0.2, -0.15) is 0 Å². The van der Waals surface area contributed by atoms with Crippen molar-refractivity contribution in [3.63, 3.8) is 0 Å². The fraction of sp³-hybridized carbons (Fsp3) is 0.615. The number of anilines is 1. The molecule has 0 fully saturated rings. The summed E-state index contributed by atoms with van der Waals surface area (Å²) in [6, 6.07) is 4.00. The third kappa shape index (κ3) is 10.9. The van der Waals surface area contributed by atoms with Crippen molar-refractivity contribution in [1.29, 1.82) is 0 Å². The van der Waals surface area contributed by atoms with E-state index in [2.05, 4.69) is 31.1 Å². The molecule has 15 heavy (non-hydrogen) atoms. The third-order valence-electron chi connectivity index (χ3n) is 1.28. The molecule has 1 rings (SSSR count). The van der Waals surface area contributed by atoms with Gasteiger partial charge >= 0.3 is 0 Å². The molecule has 0 spiro atoms. The second-order valence-corrected chi connectivity index (χ2v) is 2.92. The minimum atomic E-state index is 0.962. The molecule has 0 atom stereocenters. The number of hydrogen-bond acceptors (Lipinski definition) is 2. The zero-order valence-corrected chi connectivity index (χ0v) is 11.1. The van der Waals surface area contributed by atoms with E-state index in [1.807, 2.05) is 39.1 Å². The van der Waals surface area contributed by atoms with Crippen LogP contribution in [0.5, 0.6) is 0 Å². The van der Waals surface area contributed by atoms with Crippen LogP contribution in [0.2, 0.25) is 0 Å². The van der Waals surface area contributed by atoms with E-state index in [9.17, 15) is 0 Å².